The molecule has 0 heterocycles. The highest BCUT2D eigenvalue weighted by molar-refractivity contribution is 7.73. The highest BCUT2D eigenvalue weighted by atomic mass is 32.2. The van der Waals surface area contributed by atoms with Crippen molar-refractivity contribution in [1.82, 2.24) is 5.32 Å². The number of esters is 1. The van der Waals surface area contributed by atoms with Crippen molar-refractivity contribution in [3.05, 3.63) is 18.2 Å². The zero-order valence-corrected chi connectivity index (χ0v) is 11.4. The average molecular weight is 302 g/mol. The molecule has 1 rings (SSSR count). The smallest absolute Gasteiger partial charge is 0.330 e. The van der Waals surface area contributed by atoms with Gasteiger partial charge in [0.25, 0.3) is 0 Å². The van der Waals surface area contributed by atoms with Gasteiger partial charge in [-0.2, -0.15) is 0 Å². The van der Waals surface area contributed by atoms with E-state index in [9.17, 15) is 13.2 Å². The molecule has 0 aromatic heterocycles. The number of nitrogens with one attached hydrogen (secondary N) is 3. The molecule has 0 spiro atoms. The fraction of sp³-hybridized carbons (Fsp3) is 0.200. The van der Waals surface area contributed by atoms with Gasteiger partial charge in [-0.3, -0.25) is 10.1 Å². The third-order valence-electron chi connectivity index (χ3n) is 2.05. The zero-order chi connectivity index (χ0) is 15.1. The maximum atomic E-state index is 11.5. The van der Waals surface area contributed by atoms with Gasteiger partial charge in [-0.15, -0.1) is 0 Å². The number of rotatable bonds is 6. The Bertz CT molecular complexity index is 579. The molecule has 0 bridgehead atoms. The minimum atomic E-state index is -2.92. The van der Waals surface area contributed by atoms with E-state index in [0.29, 0.717) is 5.75 Å². The largest absolute Gasteiger partial charge is 0.497 e. The van der Waals surface area contributed by atoms with Gasteiger partial charge in [0.15, 0.2) is 11.7 Å². The van der Waals surface area contributed by atoms with Crippen LogP contribution in [0.15, 0.2) is 18.2 Å². The van der Waals surface area contributed by atoms with E-state index in [1.165, 1.54) is 25.3 Å². The SMILES string of the molecule is COc1ccc(OC(=O)CNC(=N)N)c(N[SH](=O)=O)c1. The summed E-state index contributed by atoms with van der Waals surface area (Å²) in [6, 6.07) is 4.25. The number of hydrogen-bond donors (Lipinski definition) is 5. The number of methoxy groups -OCH3 is 1. The minimum Gasteiger partial charge on any atom is -0.497 e. The molecule has 1 aromatic rings. The summed E-state index contributed by atoms with van der Waals surface area (Å²) in [5, 5.41) is 9.18. The standard InChI is InChI=1S/C10H14N4O5S/c1-18-6-2-3-8(7(4-6)14-20(16)17)19-9(15)5-13-10(11)12/h2-4,20H,5H2,1H3,(H4,11,12,13)(H,14,16,17). The summed E-state index contributed by atoms with van der Waals surface area (Å²) in [6.45, 7) is -0.315. The number of carbonyl (C=O) groups is 1. The molecule has 0 radical (unpaired) electrons. The van der Waals surface area contributed by atoms with E-state index in [-0.39, 0.29) is 23.9 Å². The van der Waals surface area contributed by atoms with Gasteiger partial charge >= 0.3 is 5.97 Å². The van der Waals surface area contributed by atoms with Gasteiger partial charge in [0.1, 0.15) is 12.3 Å². The van der Waals surface area contributed by atoms with E-state index in [1.807, 2.05) is 0 Å². The minimum absolute atomic E-state index is 0.0142. The fourth-order valence-electron chi connectivity index (χ4n) is 1.24. The molecule has 0 fully saturated rings. The van der Waals surface area contributed by atoms with Crippen molar-refractivity contribution in [1.29, 1.82) is 5.41 Å². The number of nitrogens with two attached hydrogens (primary N) is 1. The number of benzene rings is 1. The van der Waals surface area contributed by atoms with E-state index in [4.69, 9.17) is 20.6 Å². The number of anilines is 1. The van der Waals surface area contributed by atoms with E-state index in [2.05, 4.69) is 10.0 Å². The van der Waals surface area contributed by atoms with Crippen LogP contribution in [0, 0.1) is 5.41 Å². The Morgan fingerprint density at radius 3 is 2.70 bits per heavy atom. The lowest BCUT2D eigenvalue weighted by molar-refractivity contribution is -0.133. The molecule has 10 heteroatoms. The number of guanidine groups is 1. The lowest BCUT2D eigenvalue weighted by Crippen LogP contribution is -2.36. The summed E-state index contributed by atoms with van der Waals surface area (Å²) in [5.41, 5.74) is 5.09. The lowest BCUT2D eigenvalue weighted by Gasteiger charge is -2.11. The first-order valence-electron chi connectivity index (χ1n) is 5.30. The van der Waals surface area contributed by atoms with Gasteiger partial charge in [0, 0.05) is 6.07 Å². The number of ether oxygens (including phenoxy) is 2. The number of carbonyl (C=O) groups excluding carboxylic acids is 1. The van der Waals surface area contributed by atoms with Crippen LogP contribution in [0.5, 0.6) is 11.5 Å². The van der Waals surface area contributed by atoms with Crippen molar-refractivity contribution >= 4 is 28.5 Å². The predicted octanol–water partition coefficient (Wildman–Crippen LogP) is -0.978. The Morgan fingerprint density at radius 2 is 2.15 bits per heavy atom. The van der Waals surface area contributed by atoms with Gasteiger partial charge in [0.05, 0.1) is 12.8 Å². The Labute approximate surface area is 116 Å². The molecular weight excluding hydrogens is 288 g/mol. The molecule has 110 valence electrons. The maximum Gasteiger partial charge on any atom is 0.330 e. The summed E-state index contributed by atoms with van der Waals surface area (Å²) in [4.78, 5) is 11.5. The summed E-state index contributed by atoms with van der Waals surface area (Å²) < 4.78 is 33.4. The third-order valence-corrected chi connectivity index (χ3v) is 2.47. The molecule has 0 atom stereocenters. The first kappa shape index (κ1) is 15.6. The van der Waals surface area contributed by atoms with Crippen molar-refractivity contribution < 1.29 is 22.7 Å². The van der Waals surface area contributed by atoms with E-state index in [1.54, 1.807) is 0 Å². The molecule has 0 aliphatic carbocycles. The molecule has 1 aromatic carbocycles. The Balaban J connectivity index is 2.87. The summed E-state index contributed by atoms with van der Waals surface area (Å²) >= 11 is 0. The molecule has 0 aliphatic heterocycles. The van der Waals surface area contributed by atoms with Crippen LogP contribution in [-0.4, -0.2) is 34.0 Å². The highest BCUT2D eigenvalue weighted by Gasteiger charge is 2.11. The van der Waals surface area contributed by atoms with Crippen molar-refractivity contribution in [2.24, 2.45) is 5.73 Å². The van der Waals surface area contributed by atoms with Crippen molar-refractivity contribution in [2.75, 3.05) is 18.4 Å². The molecule has 0 aliphatic rings. The van der Waals surface area contributed by atoms with Gasteiger partial charge in [-0.1, -0.05) is 0 Å². The Morgan fingerprint density at radius 1 is 1.45 bits per heavy atom. The van der Waals surface area contributed by atoms with Crippen molar-refractivity contribution in [3.8, 4) is 11.5 Å². The van der Waals surface area contributed by atoms with Gasteiger partial charge in [-0.05, 0) is 12.1 Å². The number of hydrogen-bond acceptors (Lipinski definition) is 6. The predicted molar refractivity (Wildman–Crippen MR) is 72.5 cm³/mol. The third kappa shape index (κ3) is 5.02. The molecule has 0 saturated carbocycles. The van der Waals surface area contributed by atoms with Crippen LogP contribution >= 0.6 is 0 Å². The van der Waals surface area contributed by atoms with Crippen LogP contribution in [0.3, 0.4) is 0 Å². The van der Waals surface area contributed by atoms with Crippen LogP contribution < -0.4 is 25.2 Å². The molecule has 20 heavy (non-hydrogen) atoms. The molecule has 0 saturated heterocycles. The highest BCUT2D eigenvalue weighted by Crippen LogP contribution is 2.29. The second kappa shape index (κ2) is 7.19. The van der Waals surface area contributed by atoms with Crippen LogP contribution in [-0.2, 0) is 15.7 Å². The maximum absolute atomic E-state index is 11.5. The second-order valence-corrected chi connectivity index (χ2v) is 4.21. The molecule has 0 amide bonds. The van der Waals surface area contributed by atoms with Gasteiger partial charge < -0.3 is 20.5 Å². The Kier molecular flexibility index (Phi) is 5.59. The van der Waals surface area contributed by atoms with Crippen LogP contribution in [0.1, 0.15) is 0 Å². The van der Waals surface area contributed by atoms with Crippen molar-refractivity contribution in [2.45, 2.75) is 0 Å². The van der Waals surface area contributed by atoms with E-state index in [0.717, 1.165) is 0 Å². The van der Waals surface area contributed by atoms with Gasteiger partial charge in [-0.25, -0.2) is 13.2 Å². The number of thiol groups is 1. The summed E-state index contributed by atoms with van der Waals surface area (Å²) in [7, 11) is -1.50. The van der Waals surface area contributed by atoms with Crippen LogP contribution in [0.4, 0.5) is 5.69 Å². The zero-order valence-electron chi connectivity index (χ0n) is 10.5. The monoisotopic (exact) mass is 302 g/mol. The summed E-state index contributed by atoms with van der Waals surface area (Å²) in [6.07, 6.45) is 0. The van der Waals surface area contributed by atoms with E-state index < -0.39 is 16.9 Å². The Hall–Kier alpha value is -2.49. The fourth-order valence-corrected chi connectivity index (χ4v) is 1.61. The van der Waals surface area contributed by atoms with Crippen LogP contribution in [0.25, 0.3) is 0 Å². The molecule has 5 N–H and O–H groups in total. The molecule has 9 nitrogen and oxygen atoms in total. The molecule has 0 unspecified atom stereocenters. The summed E-state index contributed by atoms with van der Waals surface area (Å²) in [5.74, 6) is -0.696. The van der Waals surface area contributed by atoms with Crippen LogP contribution in [0.2, 0.25) is 0 Å². The first-order chi connectivity index (χ1) is 9.42. The topological polar surface area (TPSA) is 144 Å². The normalized spacial score (nSPS) is 9.90. The second-order valence-electron chi connectivity index (χ2n) is 3.47. The van der Waals surface area contributed by atoms with Crippen molar-refractivity contribution in [3.63, 3.8) is 0 Å². The quantitative estimate of drug-likeness (QED) is 0.149. The van der Waals surface area contributed by atoms with Gasteiger partial charge in [0.2, 0.25) is 10.9 Å². The molecular formula is C10H14N4O5S. The average Bonchev–Trinajstić information content (AvgIpc) is 2.37. The lowest BCUT2D eigenvalue weighted by atomic mass is 10.3. The van der Waals surface area contributed by atoms with E-state index >= 15 is 0 Å². The first-order valence-corrected chi connectivity index (χ1v) is 6.47.